The van der Waals surface area contributed by atoms with Gasteiger partial charge in [-0.3, -0.25) is 4.79 Å². The van der Waals surface area contributed by atoms with E-state index in [4.69, 9.17) is 5.10 Å². The monoisotopic (exact) mass is 411 g/mol. The van der Waals surface area contributed by atoms with Gasteiger partial charge in [0.1, 0.15) is 5.82 Å². The Hall–Kier alpha value is -3.31. The molecule has 5 rings (SSSR count). The number of anilines is 1. The summed E-state index contributed by atoms with van der Waals surface area (Å²) in [6, 6.07) is 26.1. The molecule has 1 amide bonds. The van der Waals surface area contributed by atoms with E-state index in [1.165, 1.54) is 0 Å². The number of fused-ring (bicyclic) bond motifs is 1. The Labute approximate surface area is 179 Å². The van der Waals surface area contributed by atoms with Crippen molar-refractivity contribution in [2.45, 2.75) is 18.4 Å². The average molecular weight is 412 g/mol. The van der Waals surface area contributed by atoms with Crippen LogP contribution in [-0.2, 0) is 11.5 Å². The van der Waals surface area contributed by atoms with Gasteiger partial charge >= 0.3 is 0 Å². The molecule has 1 aliphatic rings. The Kier molecular flexibility index (Phi) is 4.89. The van der Waals surface area contributed by atoms with E-state index in [1.807, 2.05) is 71.0 Å². The molecule has 30 heavy (non-hydrogen) atoms. The summed E-state index contributed by atoms with van der Waals surface area (Å²) in [4.78, 5) is 13.1. The summed E-state index contributed by atoms with van der Waals surface area (Å²) in [7, 11) is 0. The quantitative estimate of drug-likeness (QED) is 0.458. The molecule has 0 unspecified atom stereocenters. The normalized spacial score (nSPS) is 12.6. The van der Waals surface area contributed by atoms with Crippen LogP contribution < -0.4 is 5.32 Å². The molecule has 1 N–H and O–H groups in total. The van der Waals surface area contributed by atoms with Crippen molar-refractivity contribution in [1.82, 2.24) is 9.78 Å². The number of carbonyl (C=O) groups excluding carboxylic acids is 1. The highest BCUT2D eigenvalue weighted by atomic mass is 32.2. The van der Waals surface area contributed by atoms with E-state index in [9.17, 15) is 4.79 Å². The predicted molar refractivity (Wildman–Crippen MR) is 123 cm³/mol. The van der Waals surface area contributed by atoms with Crippen LogP contribution in [0.4, 0.5) is 5.82 Å². The fourth-order valence-corrected chi connectivity index (χ4v) is 4.75. The third kappa shape index (κ3) is 3.53. The number of benzene rings is 3. The van der Waals surface area contributed by atoms with Crippen molar-refractivity contribution in [2.24, 2.45) is 0 Å². The fraction of sp³-hybridized carbons (Fsp3) is 0.120. The minimum absolute atomic E-state index is 0.122. The zero-order chi connectivity index (χ0) is 20.5. The first-order valence-corrected chi connectivity index (χ1v) is 11.1. The van der Waals surface area contributed by atoms with Crippen molar-refractivity contribution < 1.29 is 4.79 Å². The smallest absolute Gasteiger partial charge is 0.256 e. The van der Waals surface area contributed by atoms with Gasteiger partial charge in [0, 0.05) is 22.6 Å². The number of hydrogen-bond donors (Lipinski definition) is 1. The Morgan fingerprint density at radius 1 is 0.933 bits per heavy atom. The highest BCUT2D eigenvalue weighted by Crippen LogP contribution is 2.36. The van der Waals surface area contributed by atoms with Crippen LogP contribution in [0, 0.1) is 6.92 Å². The van der Waals surface area contributed by atoms with Gasteiger partial charge in [0.05, 0.1) is 11.4 Å². The molecule has 0 bridgehead atoms. The van der Waals surface area contributed by atoms with Crippen LogP contribution in [0.5, 0.6) is 0 Å². The second-order valence-corrected chi connectivity index (χ2v) is 8.40. The third-order valence-electron chi connectivity index (χ3n) is 5.28. The number of aryl methyl sites for hydroxylation is 1. The van der Waals surface area contributed by atoms with Gasteiger partial charge in [0.15, 0.2) is 0 Å². The first-order chi connectivity index (χ1) is 14.7. The lowest BCUT2D eigenvalue weighted by Crippen LogP contribution is -2.16. The second kappa shape index (κ2) is 7.84. The first kappa shape index (κ1) is 18.7. The Bertz CT molecular complexity index is 1210. The summed E-state index contributed by atoms with van der Waals surface area (Å²) in [5.41, 5.74) is 7.15. The lowest BCUT2D eigenvalue weighted by molar-refractivity contribution is 0.102. The molecule has 0 aliphatic carbocycles. The molecule has 0 radical (unpaired) electrons. The summed E-state index contributed by atoms with van der Waals surface area (Å²) in [5.74, 6) is 2.40. The number of nitrogens with zero attached hydrogens (tertiary/aromatic N) is 2. The summed E-state index contributed by atoms with van der Waals surface area (Å²) >= 11 is 1.83. The van der Waals surface area contributed by atoms with Crippen molar-refractivity contribution in [3.8, 4) is 16.8 Å². The molecule has 4 nitrogen and oxygen atoms in total. The zero-order valence-corrected chi connectivity index (χ0v) is 17.4. The number of amides is 1. The van der Waals surface area contributed by atoms with Gasteiger partial charge < -0.3 is 5.32 Å². The van der Waals surface area contributed by atoms with Crippen LogP contribution >= 0.6 is 11.8 Å². The largest absolute Gasteiger partial charge is 0.306 e. The van der Waals surface area contributed by atoms with Crippen LogP contribution in [0.1, 0.15) is 27.2 Å². The molecule has 4 aromatic rings. The van der Waals surface area contributed by atoms with Gasteiger partial charge in [-0.15, -0.1) is 0 Å². The Morgan fingerprint density at radius 3 is 2.47 bits per heavy atom. The highest BCUT2D eigenvalue weighted by molar-refractivity contribution is 7.98. The van der Waals surface area contributed by atoms with E-state index in [2.05, 4.69) is 36.5 Å². The van der Waals surface area contributed by atoms with Crippen molar-refractivity contribution in [3.63, 3.8) is 0 Å². The van der Waals surface area contributed by atoms with Crippen molar-refractivity contribution >= 4 is 23.5 Å². The maximum absolute atomic E-state index is 13.1. The number of hydrogen-bond acceptors (Lipinski definition) is 3. The average Bonchev–Trinajstić information content (AvgIpc) is 3.37. The Morgan fingerprint density at radius 2 is 1.70 bits per heavy atom. The molecule has 1 aliphatic heterocycles. The molecule has 1 aromatic heterocycles. The molecule has 5 heteroatoms. The topological polar surface area (TPSA) is 46.9 Å². The van der Waals surface area contributed by atoms with Crippen LogP contribution in [0.15, 0.2) is 78.9 Å². The summed E-state index contributed by atoms with van der Waals surface area (Å²) in [6.07, 6.45) is 0. The van der Waals surface area contributed by atoms with E-state index in [1.54, 1.807) is 0 Å². The van der Waals surface area contributed by atoms with Gasteiger partial charge in [0.2, 0.25) is 0 Å². The fourth-order valence-electron chi connectivity index (χ4n) is 3.71. The van der Waals surface area contributed by atoms with Crippen LogP contribution in [0.3, 0.4) is 0 Å². The van der Waals surface area contributed by atoms with Gasteiger partial charge in [0.25, 0.3) is 5.91 Å². The van der Waals surface area contributed by atoms with Gasteiger partial charge in [-0.2, -0.15) is 16.9 Å². The molecule has 3 aromatic carbocycles. The molecule has 0 fully saturated rings. The van der Waals surface area contributed by atoms with Crippen molar-refractivity contribution in [1.29, 1.82) is 0 Å². The standard InChI is InChI=1S/C25H21N3OS/c1-17-6-5-9-21(14-17)28-24(22-15-30-16-23(22)27-28)26-25(29)20-12-10-19(11-13-20)18-7-3-2-4-8-18/h2-14H,15-16H2,1H3,(H,26,29). The number of nitrogens with one attached hydrogen (secondary N) is 1. The number of rotatable bonds is 4. The van der Waals surface area contributed by atoms with E-state index in [0.717, 1.165) is 51.0 Å². The lowest BCUT2D eigenvalue weighted by atomic mass is 10.0. The van der Waals surface area contributed by atoms with Crippen LogP contribution in [0.25, 0.3) is 16.8 Å². The number of aromatic nitrogens is 2. The van der Waals surface area contributed by atoms with Crippen molar-refractivity contribution in [3.05, 3.63) is 101 Å². The van der Waals surface area contributed by atoms with Crippen LogP contribution in [-0.4, -0.2) is 15.7 Å². The molecular weight excluding hydrogens is 390 g/mol. The zero-order valence-electron chi connectivity index (χ0n) is 16.6. The van der Waals surface area contributed by atoms with Crippen LogP contribution in [0.2, 0.25) is 0 Å². The maximum atomic E-state index is 13.1. The molecule has 2 heterocycles. The highest BCUT2D eigenvalue weighted by Gasteiger charge is 2.25. The SMILES string of the molecule is Cc1cccc(-n2nc3c(c2NC(=O)c2ccc(-c4ccccc4)cc2)CSC3)c1. The van der Waals surface area contributed by atoms with E-state index in [-0.39, 0.29) is 5.91 Å². The van der Waals surface area contributed by atoms with E-state index in [0.29, 0.717) is 5.56 Å². The molecule has 148 valence electrons. The second-order valence-electron chi connectivity index (χ2n) is 7.41. The molecule has 0 saturated heterocycles. The number of thioether (sulfide) groups is 1. The summed E-state index contributed by atoms with van der Waals surface area (Å²) in [5, 5.41) is 7.92. The maximum Gasteiger partial charge on any atom is 0.256 e. The molecular formula is C25H21N3OS. The Balaban J connectivity index is 1.45. The molecule has 0 spiro atoms. The van der Waals surface area contributed by atoms with Gasteiger partial charge in [-0.25, -0.2) is 4.68 Å². The van der Waals surface area contributed by atoms with E-state index < -0.39 is 0 Å². The summed E-state index contributed by atoms with van der Waals surface area (Å²) in [6.45, 7) is 2.06. The molecule has 0 atom stereocenters. The first-order valence-electron chi connectivity index (χ1n) is 9.91. The predicted octanol–water partition coefficient (Wildman–Crippen LogP) is 5.85. The van der Waals surface area contributed by atoms with Gasteiger partial charge in [-0.05, 0) is 47.9 Å². The minimum atomic E-state index is -0.122. The van der Waals surface area contributed by atoms with Crippen molar-refractivity contribution in [2.75, 3.05) is 5.32 Å². The number of carbonyl (C=O) groups is 1. The molecule has 0 saturated carbocycles. The minimum Gasteiger partial charge on any atom is -0.306 e. The third-order valence-corrected chi connectivity index (χ3v) is 6.25. The van der Waals surface area contributed by atoms with Gasteiger partial charge in [-0.1, -0.05) is 54.6 Å². The summed E-state index contributed by atoms with van der Waals surface area (Å²) < 4.78 is 1.87. The van der Waals surface area contributed by atoms with E-state index >= 15 is 0 Å². The lowest BCUT2D eigenvalue weighted by Gasteiger charge is -2.12.